The van der Waals surface area contributed by atoms with Gasteiger partial charge >= 0.3 is 12.1 Å². The molecular weight excluding hydrogens is 561 g/mol. The lowest BCUT2D eigenvalue weighted by atomic mass is 9.71. The number of amides is 3. The van der Waals surface area contributed by atoms with Gasteiger partial charge in [-0.1, -0.05) is 29.3 Å². The molecule has 1 fully saturated rings. The molecule has 40 heavy (non-hydrogen) atoms. The van der Waals surface area contributed by atoms with Crippen LogP contribution >= 0.6 is 23.2 Å². The van der Waals surface area contributed by atoms with Gasteiger partial charge < -0.3 is 29.3 Å². The summed E-state index contributed by atoms with van der Waals surface area (Å²) < 4.78 is 16.1. The summed E-state index contributed by atoms with van der Waals surface area (Å²) in [4.78, 5) is 56.8. The number of carbonyl (C=O) groups is 4. The van der Waals surface area contributed by atoms with Crippen molar-refractivity contribution in [1.82, 2.24) is 15.1 Å². The number of rotatable bonds is 10. The van der Waals surface area contributed by atoms with Gasteiger partial charge in [0, 0.05) is 55.5 Å². The maximum atomic E-state index is 14.1. The Hall–Kier alpha value is -2.82. The molecule has 3 amide bonds. The molecule has 0 aromatic heterocycles. The van der Waals surface area contributed by atoms with Crippen LogP contribution in [0.3, 0.4) is 0 Å². The van der Waals surface area contributed by atoms with Crippen molar-refractivity contribution in [2.24, 2.45) is 11.3 Å². The first-order valence-electron chi connectivity index (χ1n) is 13.2. The number of nitrogens with one attached hydrogen (secondary N) is 1. The highest BCUT2D eigenvalue weighted by Gasteiger charge is 2.64. The lowest BCUT2D eigenvalue weighted by Crippen LogP contribution is -2.54. The van der Waals surface area contributed by atoms with Gasteiger partial charge in [0.25, 0.3) is 0 Å². The number of fused-ring (bicyclic) bond motifs is 1. The van der Waals surface area contributed by atoms with Crippen LogP contribution in [0.5, 0.6) is 0 Å². The summed E-state index contributed by atoms with van der Waals surface area (Å²) in [5, 5.41) is 3.59. The molecule has 2 heterocycles. The van der Waals surface area contributed by atoms with Gasteiger partial charge in [-0.15, -0.1) is 0 Å². The zero-order valence-electron chi connectivity index (χ0n) is 23.6. The molecule has 0 saturated carbocycles. The van der Waals surface area contributed by atoms with Crippen LogP contribution < -0.4 is 5.32 Å². The van der Waals surface area contributed by atoms with E-state index in [0.717, 1.165) is 0 Å². The normalized spacial score (nSPS) is 20.6. The average Bonchev–Trinajstić information content (AvgIpc) is 3.10. The standard InChI is InChI=1S/C28H37Cl2N3O7/c1-6-39-25(36)28-17-32(26(37)40-27(2,3)4)12-10-22(28)33(16-18-8-9-19(29)14-21(18)30)24(35)20(28)15-23(34)31-11-7-13-38-5/h8-10,14,20H,6-7,11-13,15-17H2,1-5H3,(H,31,34). The van der Waals surface area contributed by atoms with Gasteiger partial charge in [-0.3, -0.25) is 14.4 Å². The highest BCUT2D eigenvalue weighted by atomic mass is 35.5. The molecule has 2 unspecified atom stereocenters. The van der Waals surface area contributed by atoms with Crippen LogP contribution in [0.15, 0.2) is 30.0 Å². The molecule has 0 aliphatic carbocycles. The second kappa shape index (κ2) is 13.2. The molecule has 0 bridgehead atoms. The molecule has 1 aromatic rings. The molecule has 2 aliphatic rings. The van der Waals surface area contributed by atoms with Crippen molar-refractivity contribution in [3.63, 3.8) is 0 Å². The molecule has 0 radical (unpaired) electrons. The Labute approximate surface area is 244 Å². The first kappa shape index (κ1) is 31.7. The molecule has 1 aromatic carbocycles. The van der Waals surface area contributed by atoms with Gasteiger partial charge in [0.15, 0.2) is 0 Å². The van der Waals surface area contributed by atoms with E-state index in [4.69, 9.17) is 37.4 Å². The summed E-state index contributed by atoms with van der Waals surface area (Å²) in [6.07, 6.45) is 1.32. The van der Waals surface area contributed by atoms with E-state index in [1.54, 1.807) is 59.1 Å². The van der Waals surface area contributed by atoms with E-state index in [2.05, 4.69) is 5.32 Å². The molecule has 3 rings (SSSR count). The smallest absolute Gasteiger partial charge is 0.410 e. The van der Waals surface area contributed by atoms with E-state index in [0.29, 0.717) is 40.9 Å². The number of carbonyl (C=O) groups excluding carboxylic acids is 4. The summed E-state index contributed by atoms with van der Waals surface area (Å²) in [6.45, 7) is 7.68. The Morgan fingerprint density at radius 2 is 1.93 bits per heavy atom. The highest BCUT2D eigenvalue weighted by Crippen LogP contribution is 2.51. The van der Waals surface area contributed by atoms with Crippen molar-refractivity contribution in [3.8, 4) is 0 Å². The van der Waals surface area contributed by atoms with Crippen LogP contribution in [0, 0.1) is 11.3 Å². The van der Waals surface area contributed by atoms with Crippen molar-refractivity contribution in [3.05, 3.63) is 45.6 Å². The number of halogens is 2. The van der Waals surface area contributed by atoms with Crippen molar-refractivity contribution >= 4 is 47.1 Å². The van der Waals surface area contributed by atoms with E-state index < -0.39 is 40.8 Å². The van der Waals surface area contributed by atoms with Crippen LogP contribution in [0.1, 0.15) is 46.1 Å². The SMILES string of the molecule is CCOC(=O)C12CN(C(=O)OC(C)(C)C)CC=C1N(Cc1ccc(Cl)cc1Cl)C(=O)C2CC(=O)NCCCOC. The Morgan fingerprint density at radius 1 is 1.20 bits per heavy atom. The van der Waals surface area contributed by atoms with Gasteiger partial charge in [0.05, 0.1) is 19.1 Å². The fourth-order valence-corrected chi connectivity index (χ4v) is 5.43. The maximum Gasteiger partial charge on any atom is 0.410 e. The Balaban J connectivity index is 2.05. The summed E-state index contributed by atoms with van der Waals surface area (Å²) in [7, 11) is 1.57. The number of ether oxygens (including phenoxy) is 3. The monoisotopic (exact) mass is 597 g/mol. The lowest BCUT2D eigenvalue weighted by molar-refractivity contribution is -0.158. The largest absolute Gasteiger partial charge is 0.465 e. The van der Waals surface area contributed by atoms with Gasteiger partial charge in [-0.2, -0.15) is 0 Å². The zero-order chi connectivity index (χ0) is 29.7. The Kier molecular flexibility index (Phi) is 10.5. The number of nitrogens with zero attached hydrogens (tertiary/aromatic N) is 2. The van der Waals surface area contributed by atoms with Crippen LogP contribution in [-0.2, 0) is 35.1 Å². The average molecular weight is 599 g/mol. The molecule has 0 spiro atoms. The third-order valence-electron chi connectivity index (χ3n) is 6.72. The Bertz CT molecular complexity index is 1170. The van der Waals surface area contributed by atoms with Crippen LogP contribution in [-0.4, -0.2) is 79.2 Å². The molecule has 12 heteroatoms. The number of likely N-dealkylation sites (tertiary alicyclic amines) is 1. The summed E-state index contributed by atoms with van der Waals surface area (Å²) in [5.41, 5.74) is -1.41. The second-order valence-corrected chi connectivity index (χ2v) is 11.6. The van der Waals surface area contributed by atoms with Gasteiger partial charge in [-0.25, -0.2) is 4.79 Å². The first-order valence-corrected chi connectivity index (χ1v) is 14.0. The molecule has 220 valence electrons. The minimum atomic E-state index is -1.62. The second-order valence-electron chi connectivity index (χ2n) is 10.8. The number of hydrogen-bond donors (Lipinski definition) is 1. The third-order valence-corrected chi connectivity index (χ3v) is 7.31. The lowest BCUT2D eigenvalue weighted by Gasteiger charge is -2.40. The molecular formula is C28H37Cl2N3O7. The summed E-state index contributed by atoms with van der Waals surface area (Å²) in [5.74, 6) is -2.66. The number of esters is 1. The topological polar surface area (TPSA) is 114 Å². The van der Waals surface area contributed by atoms with E-state index in [1.807, 2.05) is 0 Å². The minimum absolute atomic E-state index is 0.0419. The van der Waals surface area contributed by atoms with Crippen molar-refractivity contribution in [2.45, 2.75) is 52.7 Å². The van der Waals surface area contributed by atoms with Crippen molar-refractivity contribution < 1.29 is 33.4 Å². The molecule has 1 saturated heterocycles. The number of methoxy groups -OCH3 is 1. The minimum Gasteiger partial charge on any atom is -0.465 e. The third kappa shape index (κ3) is 7.08. The van der Waals surface area contributed by atoms with Crippen LogP contribution in [0.4, 0.5) is 4.79 Å². The molecule has 2 aliphatic heterocycles. The van der Waals surface area contributed by atoms with E-state index in [-0.39, 0.29) is 32.7 Å². The van der Waals surface area contributed by atoms with Crippen LogP contribution in [0.2, 0.25) is 10.0 Å². The Morgan fingerprint density at radius 3 is 2.55 bits per heavy atom. The predicted octanol–water partition coefficient (Wildman–Crippen LogP) is 4.18. The van der Waals surface area contributed by atoms with Crippen LogP contribution in [0.25, 0.3) is 0 Å². The number of hydrogen-bond acceptors (Lipinski definition) is 7. The molecule has 10 nitrogen and oxygen atoms in total. The van der Waals surface area contributed by atoms with Gasteiger partial charge in [-0.05, 0) is 57.9 Å². The number of benzene rings is 1. The van der Waals surface area contributed by atoms with Crippen molar-refractivity contribution in [2.75, 3.05) is 40.0 Å². The fourth-order valence-electron chi connectivity index (χ4n) is 4.97. The van der Waals surface area contributed by atoms with E-state index in [9.17, 15) is 19.2 Å². The van der Waals surface area contributed by atoms with E-state index >= 15 is 0 Å². The van der Waals surface area contributed by atoms with Gasteiger partial charge in [0.2, 0.25) is 11.8 Å². The zero-order valence-corrected chi connectivity index (χ0v) is 25.1. The fraction of sp³-hybridized carbons (Fsp3) is 0.571. The van der Waals surface area contributed by atoms with E-state index in [1.165, 1.54) is 9.80 Å². The molecule has 1 N–H and O–H groups in total. The summed E-state index contributed by atoms with van der Waals surface area (Å²) in [6, 6.07) is 4.94. The maximum absolute atomic E-state index is 14.1. The summed E-state index contributed by atoms with van der Waals surface area (Å²) >= 11 is 12.5. The highest BCUT2D eigenvalue weighted by molar-refractivity contribution is 6.35. The predicted molar refractivity (Wildman–Crippen MR) is 150 cm³/mol. The quantitative estimate of drug-likeness (QED) is 0.318. The van der Waals surface area contributed by atoms with Gasteiger partial charge in [0.1, 0.15) is 11.0 Å². The first-order chi connectivity index (χ1) is 18.8. The molecule has 2 atom stereocenters. The van der Waals surface area contributed by atoms with Crippen molar-refractivity contribution in [1.29, 1.82) is 0 Å².